The van der Waals surface area contributed by atoms with Gasteiger partial charge in [0.1, 0.15) is 29.0 Å². The van der Waals surface area contributed by atoms with Crippen LogP contribution in [0.3, 0.4) is 0 Å². The molecule has 0 aromatic carbocycles. The first-order valence-corrected chi connectivity index (χ1v) is 11.0. The van der Waals surface area contributed by atoms with Gasteiger partial charge in [0.2, 0.25) is 5.91 Å². The van der Waals surface area contributed by atoms with Crippen LogP contribution in [0.25, 0.3) is 22.7 Å². The number of carbonyl (C=O) groups is 2. The van der Waals surface area contributed by atoms with Gasteiger partial charge in [0.25, 0.3) is 5.91 Å². The van der Waals surface area contributed by atoms with Crippen LogP contribution >= 0.6 is 0 Å². The average Bonchev–Trinajstić information content (AvgIpc) is 3.44. The molecule has 5 heterocycles. The lowest BCUT2D eigenvalue weighted by molar-refractivity contribution is -0.116. The van der Waals surface area contributed by atoms with Gasteiger partial charge in [-0.25, -0.2) is 19.9 Å². The summed E-state index contributed by atoms with van der Waals surface area (Å²) < 4.78 is 5.48. The second kappa shape index (κ2) is 8.01. The van der Waals surface area contributed by atoms with Gasteiger partial charge in [-0.3, -0.25) is 9.59 Å². The Morgan fingerprint density at radius 1 is 1.18 bits per heavy atom. The summed E-state index contributed by atoms with van der Waals surface area (Å²) in [7, 11) is 0. The molecule has 174 valence electrons. The van der Waals surface area contributed by atoms with Crippen molar-refractivity contribution in [2.45, 2.75) is 52.0 Å². The summed E-state index contributed by atoms with van der Waals surface area (Å²) in [5, 5.41) is 9.65. The van der Waals surface area contributed by atoms with Crippen LogP contribution in [0.2, 0.25) is 0 Å². The molecular formula is C23H24N8O3. The van der Waals surface area contributed by atoms with Gasteiger partial charge in [0, 0.05) is 29.2 Å². The number of fused-ring (bicyclic) bond motifs is 2. The van der Waals surface area contributed by atoms with E-state index in [0.717, 1.165) is 11.2 Å². The van der Waals surface area contributed by atoms with Crippen molar-refractivity contribution in [3.05, 3.63) is 47.2 Å². The zero-order valence-corrected chi connectivity index (χ0v) is 19.3. The minimum Gasteiger partial charge on any atom is -0.358 e. The highest BCUT2D eigenvalue weighted by atomic mass is 16.5. The van der Waals surface area contributed by atoms with E-state index in [1.165, 1.54) is 6.33 Å². The lowest BCUT2D eigenvalue weighted by atomic mass is 9.92. The van der Waals surface area contributed by atoms with Crippen LogP contribution in [0.4, 0.5) is 5.82 Å². The highest BCUT2D eigenvalue weighted by Gasteiger charge is 2.25. The van der Waals surface area contributed by atoms with E-state index in [9.17, 15) is 9.59 Å². The Hall–Kier alpha value is -4.15. The van der Waals surface area contributed by atoms with Gasteiger partial charge >= 0.3 is 0 Å². The molecule has 1 atom stereocenters. The maximum atomic E-state index is 12.9. The number of hydrogen-bond donors (Lipinski definition) is 3. The number of H-pyrrole nitrogens is 1. The Labute approximate surface area is 194 Å². The van der Waals surface area contributed by atoms with E-state index >= 15 is 0 Å². The van der Waals surface area contributed by atoms with E-state index in [0.29, 0.717) is 40.7 Å². The third-order valence-corrected chi connectivity index (χ3v) is 5.68. The lowest BCUT2D eigenvalue weighted by Crippen LogP contribution is -2.30. The van der Waals surface area contributed by atoms with Crippen LogP contribution in [0.5, 0.6) is 0 Å². The highest BCUT2D eigenvalue weighted by molar-refractivity contribution is 5.99. The van der Waals surface area contributed by atoms with Gasteiger partial charge in [-0.2, -0.15) is 0 Å². The molecule has 0 radical (unpaired) electrons. The van der Waals surface area contributed by atoms with Crippen molar-refractivity contribution >= 4 is 28.8 Å². The van der Waals surface area contributed by atoms with E-state index in [1.807, 2.05) is 12.1 Å². The van der Waals surface area contributed by atoms with E-state index in [-0.39, 0.29) is 29.3 Å². The van der Waals surface area contributed by atoms with Gasteiger partial charge < -0.3 is 20.1 Å². The van der Waals surface area contributed by atoms with Gasteiger partial charge in [-0.05, 0) is 25.5 Å². The number of imidazole rings is 1. The molecule has 2 amide bonds. The molecule has 11 heteroatoms. The number of nitrogens with one attached hydrogen (secondary N) is 3. The molecule has 0 spiro atoms. The molecule has 4 aromatic rings. The standard InChI is InChI=1S/C23H24N8O3/c1-11(26-22(33)18-12-5-8-17(32)29-19(12)25-10-24-18)15-9-14(31-34-15)21-27-13-6-7-16(23(2,3)4)28-20(13)30-21/h6-7,9-11H,5,8H2,1-4H3,(H,26,33)(H,27,28,30)(H,24,25,29,32)/t11-/m1/s1. The number of aromatic amines is 1. The molecule has 0 saturated heterocycles. The Kier molecular flexibility index (Phi) is 5.11. The summed E-state index contributed by atoms with van der Waals surface area (Å²) in [5.74, 6) is 0.851. The second-order valence-corrected chi connectivity index (χ2v) is 9.31. The highest BCUT2D eigenvalue weighted by Crippen LogP contribution is 2.26. The number of aromatic nitrogens is 6. The first-order valence-electron chi connectivity index (χ1n) is 11.0. The molecule has 0 bridgehead atoms. The summed E-state index contributed by atoms with van der Waals surface area (Å²) in [6.07, 6.45) is 1.95. The summed E-state index contributed by atoms with van der Waals surface area (Å²) in [6.45, 7) is 8.09. The summed E-state index contributed by atoms with van der Waals surface area (Å²) in [6, 6.07) is 5.14. The van der Waals surface area contributed by atoms with Crippen molar-refractivity contribution in [2.24, 2.45) is 0 Å². The van der Waals surface area contributed by atoms with Gasteiger partial charge in [0.05, 0.1) is 6.04 Å². The zero-order valence-electron chi connectivity index (χ0n) is 19.3. The van der Waals surface area contributed by atoms with Crippen molar-refractivity contribution in [1.82, 2.24) is 35.4 Å². The molecular weight excluding hydrogens is 436 g/mol. The third kappa shape index (κ3) is 4.00. The fourth-order valence-corrected chi connectivity index (χ4v) is 3.76. The van der Waals surface area contributed by atoms with Crippen molar-refractivity contribution in [1.29, 1.82) is 0 Å². The van der Waals surface area contributed by atoms with Gasteiger partial charge in [-0.1, -0.05) is 25.9 Å². The van der Waals surface area contributed by atoms with Crippen molar-refractivity contribution < 1.29 is 14.1 Å². The number of rotatable bonds is 4. The van der Waals surface area contributed by atoms with Crippen molar-refractivity contribution in [3.8, 4) is 11.5 Å². The molecule has 0 unspecified atom stereocenters. The number of pyridine rings is 1. The summed E-state index contributed by atoms with van der Waals surface area (Å²) in [5.41, 5.74) is 3.64. The van der Waals surface area contributed by atoms with Crippen molar-refractivity contribution in [3.63, 3.8) is 0 Å². The smallest absolute Gasteiger partial charge is 0.270 e. The van der Waals surface area contributed by atoms with Crippen LogP contribution in [0.15, 0.2) is 29.0 Å². The number of carbonyl (C=O) groups excluding carboxylic acids is 2. The lowest BCUT2D eigenvalue weighted by Gasteiger charge is -2.18. The molecule has 1 aliphatic rings. The SMILES string of the molecule is C[C@@H](NC(=O)c1ncnc2c1CCC(=O)N2)c1cc(-c2nc3ccc(C(C)(C)C)nc3[nH]2)no1. The van der Waals surface area contributed by atoms with Crippen LogP contribution in [0, 0.1) is 0 Å². The molecule has 34 heavy (non-hydrogen) atoms. The monoisotopic (exact) mass is 460 g/mol. The molecule has 3 N–H and O–H groups in total. The summed E-state index contributed by atoms with van der Waals surface area (Å²) >= 11 is 0. The maximum Gasteiger partial charge on any atom is 0.270 e. The topological polar surface area (TPSA) is 152 Å². The predicted octanol–water partition coefficient (Wildman–Crippen LogP) is 3.08. The number of anilines is 1. The first-order chi connectivity index (χ1) is 16.2. The fraction of sp³-hybridized carbons (Fsp3) is 0.348. The van der Waals surface area contributed by atoms with Crippen molar-refractivity contribution in [2.75, 3.05) is 5.32 Å². The fourth-order valence-electron chi connectivity index (χ4n) is 3.76. The number of hydrogen-bond acceptors (Lipinski definition) is 8. The normalized spacial score (nSPS) is 14.5. The van der Waals surface area contributed by atoms with E-state index in [4.69, 9.17) is 4.52 Å². The molecule has 5 rings (SSSR count). The van der Waals surface area contributed by atoms with E-state index in [2.05, 4.69) is 61.5 Å². The van der Waals surface area contributed by atoms with E-state index < -0.39 is 6.04 Å². The third-order valence-electron chi connectivity index (χ3n) is 5.68. The quantitative estimate of drug-likeness (QED) is 0.420. The van der Waals surface area contributed by atoms with E-state index in [1.54, 1.807) is 13.0 Å². The van der Waals surface area contributed by atoms with Crippen LogP contribution in [-0.2, 0) is 16.6 Å². The average molecular weight is 460 g/mol. The Morgan fingerprint density at radius 2 is 2.00 bits per heavy atom. The molecule has 4 aromatic heterocycles. The Morgan fingerprint density at radius 3 is 2.79 bits per heavy atom. The molecule has 0 fully saturated rings. The first kappa shape index (κ1) is 21.7. The molecule has 0 saturated carbocycles. The maximum absolute atomic E-state index is 12.9. The number of amides is 2. The van der Waals surface area contributed by atoms with Crippen LogP contribution in [0.1, 0.15) is 67.7 Å². The molecule has 1 aliphatic heterocycles. The van der Waals surface area contributed by atoms with Gasteiger partial charge in [0.15, 0.2) is 17.2 Å². The summed E-state index contributed by atoms with van der Waals surface area (Å²) in [4.78, 5) is 45.1. The van der Waals surface area contributed by atoms with Gasteiger partial charge in [-0.15, -0.1) is 0 Å². The minimum atomic E-state index is -0.479. The van der Waals surface area contributed by atoms with Crippen LogP contribution in [-0.4, -0.2) is 41.9 Å². The number of nitrogens with zero attached hydrogens (tertiary/aromatic N) is 5. The second-order valence-electron chi connectivity index (χ2n) is 9.31. The Balaban J connectivity index is 1.35. The predicted molar refractivity (Wildman–Crippen MR) is 123 cm³/mol. The molecule has 11 nitrogen and oxygen atoms in total. The molecule has 0 aliphatic carbocycles. The van der Waals surface area contributed by atoms with Crippen LogP contribution < -0.4 is 10.6 Å². The minimum absolute atomic E-state index is 0.0807. The Bertz CT molecular complexity index is 1420. The largest absolute Gasteiger partial charge is 0.358 e. The zero-order chi connectivity index (χ0) is 24.0.